The molecule has 15 heavy (non-hydrogen) atoms. The number of hydrogen-bond acceptors (Lipinski definition) is 4. The molecule has 1 aliphatic heterocycles. The first-order valence-corrected chi connectivity index (χ1v) is 5.53. The maximum Gasteiger partial charge on any atom is 0.123 e. The highest BCUT2D eigenvalue weighted by Crippen LogP contribution is 2.10. The van der Waals surface area contributed by atoms with Crippen molar-refractivity contribution in [3.05, 3.63) is 18.3 Å². The summed E-state index contributed by atoms with van der Waals surface area (Å²) in [7, 11) is 0. The van der Waals surface area contributed by atoms with Gasteiger partial charge >= 0.3 is 0 Å². The summed E-state index contributed by atoms with van der Waals surface area (Å²) in [4.78, 5) is 4.03. The van der Waals surface area contributed by atoms with Crippen molar-refractivity contribution < 1.29 is 0 Å². The molecule has 1 atom stereocenters. The molecule has 4 nitrogen and oxygen atoms in total. The molecule has 1 unspecified atom stereocenters. The molecule has 4 heteroatoms. The SMILES string of the molecule is Nc1ccc(NCCC2CCCN2)cn1. The van der Waals surface area contributed by atoms with Crippen LogP contribution in [0, 0.1) is 0 Å². The Labute approximate surface area is 90.3 Å². The second kappa shape index (κ2) is 4.98. The number of anilines is 2. The third kappa shape index (κ3) is 3.09. The van der Waals surface area contributed by atoms with E-state index in [1.165, 1.54) is 25.8 Å². The van der Waals surface area contributed by atoms with E-state index in [4.69, 9.17) is 5.73 Å². The first-order chi connectivity index (χ1) is 7.34. The molecule has 0 saturated carbocycles. The maximum absolute atomic E-state index is 5.51. The van der Waals surface area contributed by atoms with Gasteiger partial charge in [0.05, 0.1) is 11.9 Å². The summed E-state index contributed by atoms with van der Waals surface area (Å²) >= 11 is 0. The number of pyridine rings is 1. The van der Waals surface area contributed by atoms with Crippen LogP contribution in [-0.2, 0) is 0 Å². The smallest absolute Gasteiger partial charge is 0.123 e. The summed E-state index contributed by atoms with van der Waals surface area (Å²) < 4.78 is 0. The highest BCUT2D eigenvalue weighted by atomic mass is 15.0. The average molecular weight is 206 g/mol. The normalized spacial score (nSPS) is 20.4. The molecular formula is C11H18N4. The number of aromatic nitrogens is 1. The van der Waals surface area contributed by atoms with Gasteiger partial charge in [0, 0.05) is 12.6 Å². The van der Waals surface area contributed by atoms with Crippen LogP contribution in [-0.4, -0.2) is 24.1 Å². The molecule has 0 bridgehead atoms. The Bertz CT molecular complexity index is 290. The molecule has 0 amide bonds. The molecule has 0 spiro atoms. The Morgan fingerprint density at radius 3 is 3.13 bits per heavy atom. The number of nitrogens with one attached hydrogen (secondary N) is 2. The Morgan fingerprint density at radius 2 is 2.47 bits per heavy atom. The van der Waals surface area contributed by atoms with Crippen molar-refractivity contribution in [1.82, 2.24) is 10.3 Å². The molecule has 0 radical (unpaired) electrons. The van der Waals surface area contributed by atoms with Crippen LogP contribution in [0.4, 0.5) is 11.5 Å². The lowest BCUT2D eigenvalue weighted by molar-refractivity contribution is 0.574. The lowest BCUT2D eigenvalue weighted by Gasteiger charge is -2.11. The Kier molecular flexibility index (Phi) is 3.40. The van der Waals surface area contributed by atoms with E-state index in [0.29, 0.717) is 11.9 Å². The van der Waals surface area contributed by atoms with Gasteiger partial charge in [-0.2, -0.15) is 0 Å². The van der Waals surface area contributed by atoms with E-state index < -0.39 is 0 Å². The molecule has 1 aliphatic rings. The van der Waals surface area contributed by atoms with Gasteiger partial charge in [0.15, 0.2) is 0 Å². The molecule has 1 aromatic heterocycles. The number of rotatable bonds is 4. The second-order valence-electron chi connectivity index (χ2n) is 3.98. The number of nitrogens with zero attached hydrogens (tertiary/aromatic N) is 1. The van der Waals surface area contributed by atoms with Gasteiger partial charge < -0.3 is 16.4 Å². The predicted molar refractivity (Wildman–Crippen MR) is 62.8 cm³/mol. The molecular weight excluding hydrogens is 188 g/mol. The molecule has 4 N–H and O–H groups in total. The predicted octanol–water partition coefficient (Wildman–Crippen LogP) is 1.22. The summed E-state index contributed by atoms with van der Waals surface area (Å²) in [6.07, 6.45) is 5.57. The highest BCUT2D eigenvalue weighted by molar-refractivity contribution is 5.45. The topological polar surface area (TPSA) is 63.0 Å². The van der Waals surface area contributed by atoms with Gasteiger partial charge in [-0.15, -0.1) is 0 Å². The van der Waals surface area contributed by atoms with Gasteiger partial charge in [0.1, 0.15) is 5.82 Å². The van der Waals surface area contributed by atoms with E-state index in [-0.39, 0.29) is 0 Å². The first kappa shape index (κ1) is 10.2. The monoisotopic (exact) mass is 206 g/mol. The fourth-order valence-corrected chi connectivity index (χ4v) is 1.90. The quantitative estimate of drug-likeness (QED) is 0.693. The van der Waals surface area contributed by atoms with Crippen LogP contribution in [0.2, 0.25) is 0 Å². The zero-order chi connectivity index (χ0) is 10.5. The van der Waals surface area contributed by atoms with Crippen LogP contribution in [0.1, 0.15) is 19.3 Å². The van der Waals surface area contributed by atoms with Crippen molar-refractivity contribution in [1.29, 1.82) is 0 Å². The summed E-state index contributed by atoms with van der Waals surface area (Å²) in [5.74, 6) is 0.568. The van der Waals surface area contributed by atoms with E-state index in [9.17, 15) is 0 Å². The van der Waals surface area contributed by atoms with Crippen LogP contribution >= 0.6 is 0 Å². The summed E-state index contributed by atoms with van der Waals surface area (Å²) in [6, 6.07) is 4.47. The summed E-state index contributed by atoms with van der Waals surface area (Å²) in [5.41, 5.74) is 6.55. The third-order valence-electron chi connectivity index (χ3n) is 2.77. The van der Waals surface area contributed by atoms with Gasteiger partial charge in [-0.1, -0.05) is 0 Å². The number of nitrogen functional groups attached to an aromatic ring is 1. The lowest BCUT2D eigenvalue weighted by Crippen LogP contribution is -2.24. The summed E-state index contributed by atoms with van der Waals surface area (Å²) in [5, 5.41) is 6.82. The molecule has 1 fully saturated rings. The van der Waals surface area contributed by atoms with E-state index in [1.54, 1.807) is 6.20 Å². The summed E-state index contributed by atoms with van der Waals surface area (Å²) in [6.45, 7) is 2.16. The first-order valence-electron chi connectivity index (χ1n) is 5.53. The Morgan fingerprint density at radius 1 is 1.53 bits per heavy atom. The molecule has 82 valence electrons. The zero-order valence-corrected chi connectivity index (χ0v) is 8.87. The van der Waals surface area contributed by atoms with E-state index in [0.717, 1.165) is 12.2 Å². The van der Waals surface area contributed by atoms with Gasteiger partial charge in [0.25, 0.3) is 0 Å². The number of hydrogen-bond donors (Lipinski definition) is 3. The van der Waals surface area contributed by atoms with Crippen molar-refractivity contribution in [3.8, 4) is 0 Å². The van der Waals surface area contributed by atoms with Crippen molar-refractivity contribution >= 4 is 11.5 Å². The molecule has 1 saturated heterocycles. The minimum atomic E-state index is 0.568. The van der Waals surface area contributed by atoms with Crippen LogP contribution in [0.3, 0.4) is 0 Å². The van der Waals surface area contributed by atoms with Crippen LogP contribution < -0.4 is 16.4 Å². The van der Waals surface area contributed by atoms with E-state index in [1.807, 2.05) is 12.1 Å². The van der Waals surface area contributed by atoms with Crippen molar-refractivity contribution in [2.24, 2.45) is 0 Å². The second-order valence-corrected chi connectivity index (χ2v) is 3.98. The average Bonchev–Trinajstić information content (AvgIpc) is 2.74. The minimum absolute atomic E-state index is 0.568. The van der Waals surface area contributed by atoms with Crippen molar-refractivity contribution in [3.63, 3.8) is 0 Å². The molecule has 2 rings (SSSR count). The van der Waals surface area contributed by atoms with Gasteiger partial charge in [-0.25, -0.2) is 4.98 Å². The Hall–Kier alpha value is -1.29. The van der Waals surface area contributed by atoms with Crippen LogP contribution in [0.15, 0.2) is 18.3 Å². The van der Waals surface area contributed by atoms with Crippen LogP contribution in [0.5, 0.6) is 0 Å². The fraction of sp³-hybridized carbons (Fsp3) is 0.545. The van der Waals surface area contributed by atoms with Gasteiger partial charge in [-0.05, 0) is 37.9 Å². The molecule has 0 aliphatic carbocycles. The largest absolute Gasteiger partial charge is 0.384 e. The number of nitrogens with two attached hydrogens (primary N) is 1. The maximum atomic E-state index is 5.51. The lowest BCUT2D eigenvalue weighted by atomic mass is 10.1. The van der Waals surface area contributed by atoms with Gasteiger partial charge in [-0.3, -0.25) is 0 Å². The Balaban J connectivity index is 1.71. The minimum Gasteiger partial charge on any atom is -0.384 e. The zero-order valence-electron chi connectivity index (χ0n) is 8.87. The van der Waals surface area contributed by atoms with Gasteiger partial charge in [0.2, 0.25) is 0 Å². The van der Waals surface area contributed by atoms with Crippen LogP contribution in [0.25, 0.3) is 0 Å². The van der Waals surface area contributed by atoms with Crippen molar-refractivity contribution in [2.75, 3.05) is 24.1 Å². The standard InChI is InChI=1S/C11H18N4/c12-11-4-3-10(8-15-11)14-7-5-9-2-1-6-13-9/h3-4,8-9,13-14H,1-2,5-7H2,(H2,12,15). The van der Waals surface area contributed by atoms with E-state index >= 15 is 0 Å². The fourth-order valence-electron chi connectivity index (χ4n) is 1.90. The van der Waals surface area contributed by atoms with Crippen molar-refractivity contribution in [2.45, 2.75) is 25.3 Å². The highest BCUT2D eigenvalue weighted by Gasteiger charge is 2.12. The molecule has 1 aromatic rings. The molecule has 0 aromatic carbocycles. The van der Waals surface area contributed by atoms with E-state index in [2.05, 4.69) is 15.6 Å². The third-order valence-corrected chi connectivity index (χ3v) is 2.77. The molecule has 2 heterocycles.